The first-order chi connectivity index (χ1) is 13.5. The zero-order valence-electron chi connectivity index (χ0n) is 16.0. The number of hydrogen-bond acceptors (Lipinski definition) is 5. The molecule has 0 aliphatic carbocycles. The molecule has 1 N–H and O–H groups in total. The van der Waals surface area contributed by atoms with Gasteiger partial charge in [0.05, 0.1) is 6.26 Å². The van der Waals surface area contributed by atoms with Gasteiger partial charge in [-0.2, -0.15) is 0 Å². The van der Waals surface area contributed by atoms with E-state index in [1.807, 2.05) is 26.8 Å². The van der Waals surface area contributed by atoms with Gasteiger partial charge in [0.1, 0.15) is 17.0 Å². The molecule has 0 atom stereocenters. The molecular weight excluding hydrogens is 356 g/mol. The minimum Gasteiger partial charge on any atom is -0.464 e. The predicted octanol–water partition coefficient (Wildman–Crippen LogP) is 4.43. The Kier molecular flexibility index (Phi) is 4.47. The number of carbonyl (C=O) groups is 1. The van der Waals surface area contributed by atoms with E-state index in [4.69, 9.17) is 8.83 Å². The molecule has 4 aromatic rings. The number of furan rings is 1. The molecule has 4 rings (SSSR count). The van der Waals surface area contributed by atoms with Gasteiger partial charge in [-0.05, 0) is 56.5 Å². The maximum absolute atomic E-state index is 12.6. The van der Waals surface area contributed by atoms with E-state index in [0.717, 1.165) is 33.0 Å². The van der Waals surface area contributed by atoms with Crippen LogP contribution in [-0.2, 0) is 11.2 Å². The zero-order chi connectivity index (χ0) is 19.8. The van der Waals surface area contributed by atoms with E-state index < -0.39 is 5.63 Å². The molecule has 1 amide bonds. The number of anilines is 1. The van der Waals surface area contributed by atoms with Crippen LogP contribution in [0.15, 0.2) is 50.4 Å². The van der Waals surface area contributed by atoms with E-state index in [1.165, 1.54) is 0 Å². The molecular formula is C22H20N2O4. The molecule has 1 aromatic carbocycles. The van der Waals surface area contributed by atoms with Crippen LogP contribution in [0.25, 0.3) is 21.9 Å². The van der Waals surface area contributed by atoms with Gasteiger partial charge in [0.15, 0.2) is 0 Å². The number of pyridine rings is 1. The third-order valence-electron chi connectivity index (χ3n) is 5.07. The summed E-state index contributed by atoms with van der Waals surface area (Å²) >= 11 is 0. The lowest BCUT2D eigenvalue weighted by Gasteiger charge is -2.10. The highest BCUT2D eigenvalue weighted by Crippen LogP contribution is 2.32. The molecule has 6 nitrogen and oxygen atoms in total. The lowest BCUT2D eigenvalue weighted by molar-refractivity contribution is -0.116. The van der Waals surface area contributed by atoms with Crippen molar-refractivity contribution >= 4 is 33.7 Å². The number of hydrogen-bond donors (Lipinski definition) is 1. The van der Waals surface area contributed by atoms with Crippen molar-refractivity contribution in [2.45, 2.75) is 33.6 Å². The molecule has 0 saturated carbocycles. The number of rotatable bonds is 4. The third-order valence-corrected chi connectivity index (χ3v) is 5.07. The van der Waals surface area contributed by atoms with E-state index in [0.29, 0.717) is 23.4 Å². The van der Waals surface area contributed by atoms with E-state index in [2.05, 4.69) is 10.3 Å². The van der Waals surface area contributed by atoms with Crippen LogP contribution in [0.2, 0.25) is 0 Å². The van der Waals surface area contributed by atoms with E-state index >= 15 is 0 Å². The molecule has 0 radical (unpaired) electrons. The van der Waals surface area contributed by atoms with E-state index in [-0.39, 0.29) is 12.3 Å². The summed E-state index contributed by atoms with van der Waals surface area (Å²) in [6, 6.07) is 7.28. The quantitative estimate of drug-likeness (QED) is 0.533. The minimum absolute atomic E-state index is 0.166. The maximum atomic E-state index is 12.6. The van der Waals surface area contributed by atoms with Crippen molar-refractivity contribution in [1.82, 2.24) is 4.98 Å². The summed E-state index contributed by atoms with van der Waals surface area (Å²) in [5.74, 6) is 0.290. The summed E-state index contributed by atoms with van der Waals surface area (Å²) < 4.78 is 11.2. The Labute approximate surface area is 161 Å². The smallest absolute Gasteiger partial charge is 0.339 e. The highest BCUT2D eigenvalue weighted by molar-refractivity contribution is 5.99. The van der Waals surface area contributed by atoms with Crippen LogP contribution in [0.4, 0.5) is 5.82 Å². The Morgan fingerprint density at radius 3 is 2.68 bits per heavy atom. The standard InChI is InChI=1S/C22H20N2O4/c1-12-11-27-20-14(3)21-17(10-16(12)20)13(2)15(22(26)28-21)7-8-19(25)24-18-6-4-5-9-23-18/h4-6,9-11H,7-8H2,1-3H3,(H,23,24,25). The first-order valence-corrected chi connectivity index (χ1v) is 9.10. The van der Waals surface area contributed by atoms with Crippen LogP contribution in [0.1, 0.15) is 28.7 Å². The second-order valence-electron chi connectivity index (χ2n) is 6.93. The highest BCUT2D eigenvalue weighted by Gasteiger charge is 2.18. The molecule has 0 fully saturated rings. The Bertz CT molecular complexity index is 1250. The van der Waals surface area contributed by atoms with Crippen LogP contribution in [0, 0.1) is 20.8 Å². The van der Waals surface area contributed by atoms with Gasteiger partial charge >= 0.3 is 5.63 Å². The van der Waals surface area contributed by atoms with Crippen molar-refractivity contribution in [2.75, 3.05) is 5.32 Å². The van der Waals surface area contributed by atoms with Crippen molar-refractivity contribution in [3.8, 4) is 0 Å². The molecule has 0 saturated heterocycles. The van der Waals surface area contributed by atoms with Gasteiger partial charge in [0.25, 0.3) is 0 Å². The van der Waals surface area contributed by atoms with Gasteiger partial charge in [-0.3, -0.25) is 4.79 Å². The average Bonchev–Trinajstić information content (AvgIpc) is 3.05. The fourth-order valence-electron chi connectivity index (χ4n) is 3.49. The molecule has 6 heteroatoms. The lowest BCUT2D eigenvalue weighted by atomic mass is 9.98. The molecule has 3 aromatic heterocycles. The van der Waals surface area contributed by atoms with E-state index in [1.54, 1.807) is 30.7 Å². The minimum atomic E-state index is -0.415. The monoisotopic (exact) mass is 376 g/mol. The van der Waals surface area contributed by atoms with Gasteiger partial charge in [0, 0.05) is 34.5 Å². The fourth-order valence-corrected chi connectivity index (χ4v) is 3.49. The number of amides is 1. The maximum Gasteiger partial charge on any atom is 0.339 e. The molecule has 0 spiro atoms. The topological polar surface area (TPSA) is 85.3 Å². The fraction of sp³-hybridized carbons (Fsp3) is 0.227. The summed E-state index contributed by atoms with van der Waals surface area (Å²) in [7, 11) is 0. The molecule has 0 bridgehead atoms. The summed E-state index contributed by atoms with van der Waals surface area (Å²) in [6.07, 6.45) is 3.77. The van der Waals surface area contributed by atoms with Gasteiger partial charge in [-0.1, -0.05) is 6.07 Å². The average molecular weight is 376 g/mol. The number of aryl methyl sites for hydroxylation is 3. The normalized spacial score (nSPS) is 11.2. The summed E-state index contributed by atoms with van der Waals surface area (Å²) in [4.78, 5) is 28.9. The van der Waals surface area contributed by atoms with Crippen LogP contribution < -0.4 is 10.9 Å². The predicted molar refractivity (Wildman–Crippen MR) is 108 cm³/mol. The Balaban J connectivity index is 1.67. The van der Waals surface area contributed by atoms with Crippen molar-refractivity contribution in [3.05, 3.63) is 69.4 Å². The second-order valence-corrected chi connectivity index (χ2v) is 6.93. The third kappa shape index (κ3) is 3.07. The number of fused-ring (bicyclic) bond motifs is 2. The van der Waals surface area contributed by atoms with Crippen LogP contribution in [0.5, 0.6) is 0 Å². The van der Waals surface area contributed by atoms with Gasteiger partial charge in [0.2, 0.25) is 5.91 Å². The Hall–Kier alpha value is -3.41. The van der Waals surface area contributed by atoms with Crippen molar-refractivity contribution in [2.24, 2.45) is 0 Å². The molecule has 0 aliphatic rings. The summed E-state index contributed by atoms with van der Waals surface area (Å²) in [6.45, 7) is 5.76. The largest absolute Gasteiger partial charge is 0.464 e. The van der Waals surface area contributed by atoms with Crippen LogP contribution in [-0.4, -0.2) is 10.9 Å². The van der Waals surface area contributed by atoms with Crippen molar-refractivity contribution in [3.63, 3.8) is 0 Å². The van der Waals surface area contributed by atoms with Crippen LogP contribution >= 0.6 is 0 Å². The highest BCUT2D eigenvalue weighted by atomic mass is 16.4. The number of nitrogens with zero attached hydrogens (tertiary/aromatic N) is 1. The van der Waals surface area contributed by atoms with Gasteiger partial charge < -0.3 is 14.2 Å². The summed E-state index contributed by atoms with van der Waals surface area (Å²) in [5.41, 5.74) is 4.04. The molecule has 142 valence electrons. The molecule has 0 aliphatic heterocycles. The zero-order valence-corrected chi connectivity index (χ0v) is 16.0. The summed E-state index contributed by atoms with van der Waals surface area (Å²) in [5, 5.41) is 4.60. The Morgan fingerprint density at radius 1 is 1.11 bits per heavy atom. The Morgan fingerprint density at radius 2 is 1.93 bits per heavy atom. The van der Waals surface area contributed by atoms with Gasteiger partial charge in [-0.25, -0.2) is 9.78 Å². The SMILES string of the molecule is Cc1coc2c(C)c3oc(=O)c(CCC(=O)Nc4ccccn4)c(C)c3cc12. The number of nitrogens with one attached hydrogen (secondary N) is 1. The van der Waals surface area contributed by atoms with Gasteiger partial charge in [-0.15, -0.1) is 0 Å². The molecule has 3 heterocycles. The number of benzene rings is 1. The first-order valence-electron chi connectivity index (χ1n) is 9.10. The first kappa shape index (κ1) is 18.0. The van der Waals surface area contributed by atoms with Crippen molar-refractivity contribution in [1.29, 1.82) is 0 Å². The van der Waals surface area contributed by atoms with Crippen LogP contribution in [0.3, 0.4) is 0 Å². The molecule has 28 heavy (non-hydrogen) atoms. The second kappa shape index (κ2) is 6.96. The number of carbonyl (C=O) groups excluding carboxylic acids is 1. The molecule has 0 unspecified atom stereocenters. The lowest BCUT2D eigenvalue weighted by Crippen LogP contribution is -2.17. The van der Waals surface area contributed by atoms with Crippen molar-refractivity contribution < 1.29 is 13.6 Å². The number of aromatic nitrogens is 1. The van der Waals surface area contributed by atoms with E-state index in [9.17, 15) is 9.59 Å².